The third-order valence-electron chi connectivity index (χ3n) is 0. The van der Waals surface area contributed by atoms with Gasteiger partial charge >= 0.3 is 0 Å². The molecular formula is C3H9NO3S. The van der Waals surface area contributed by atoms with E-state index in [0.717, 1.165) is 12.5 Å². The van der Waals surface area contributed by atoms with Crippen LogP contribution in [0.2, 0.25) is 0 Å². The summed E-state index contributed by atoms with van der Waals surface area (Å²) in [7, 11) is -3.17. The molecule has 0 saturated carbocycles. The Balaban J connectivity index is 0. The first-order chi connectivity index (χ1) is 3.41. The lowest BCUT2D eigenvalue weighted by atomic mass is 11.0. The van der Waals surface area contributed by atoms with Crippen molar-refractivity contribution in [3.8, 4) is 0 Å². The molecular weight excluding hydrogens is 130 g/mol. The molecule has 0 aliphatic carbocycles. The lowest BCUT2D eigenvalue weighted by molar-refractivity contribution is -0.106. The van der Waals surface area contributed by atoms with Gasteiger partial charge in [0.05, 0.1) is 6.26 Å². The molecule has 0 atom stereocenters. The van der Waals surface area contributed by atoms with Crippen LogP contribution in [0.3, 0.4) is 0 Å². The molecule has 5 heteroatoms. The van der Waals surface area contributed by atoms with Crippen molar-refractivity contribution in [1.29, 1.82) is 0 Å². The fraction of sp³-hybridized carbons (Fsp3) is 0.667. The van der Waals surface area contributed by atoms with Crippen molar-refractivity contribution in [1.82, 2.24) is 0 Å². The Kier molecular flexibility index (Phi) is 6.23. The summed E-state index contributed by atoms with van der Waals surface area (Å²) >= 11 is 0. The Morgan fingerprint density at radius 3 is 1.50 bits per heavy atom. The van der Waals surface area contributed by atoms with Gasteiger partial charge in [0, 0.05) is 0 Å². The summed E-state index contributed by atoms with van der Waals surface area (Å²) in [6, 6.07) is 0. The first-order valence-electron chi connectivity index (χ1n) is 1.79. The topological polar surface area (TPSA) is 77.2 Å². The summed E-state index contributed by atoms with van der Waals surface area (Å²) in [6.45, 7) is 1.44. The van der Waals surface area contributed by atoms with Crippen LogP contribution in [0, 0.1) is 0 Å². The van der Waals surface area contributed by atoms with E-state index in [1.54, 1.807) is 0 Å². The van der Waals surface area contributed by atoms with Crippen LogP contribution in [0.15, 0.2) is 0 Å². The molecule has 0 saturated heterocycles. The maximum absolute atomic E-state index is 9.41. The Morgan fingerprint density at radius 2 is 1.50 bits per heavy atom. The second kappa shape index (κ2) is 4.73. The molecule has 0 amide bonds. The summed E-state index contributed by atoms with van der Waals surface area (Å²) in [5.41, 5.74) is 0. The number of sulfonamides is 1. The normalized spacial score (nSPS) is 8.88. The largest absolute Gasteiger partial charge is 0.304 e. The average molecular weight is 139 g/mol. The second-order valence-corrected chi connectivity index (χ2v) is 2.72. The monoisotopic (exact) mass is 139 g/mol. The van der Waals surface area contributed by atoms with Crippen LogP contribution < -0.4 is 5.14 Å². The molecule has 2 N–H and O–H groups in total. The Labute approximate surface area is 48.7 Å². The van der Waals surface area contributed by atoms with Gasteiger partial charge in [0.25, 0.3) is 0 Å². The maximum Gasteiger partial charge on any atom is 0.206 e. The molecule has 0 aromatic rings. The third kappa shape index (κ3) is 664. The van der Waals surface area contributed by atoms with E-state index in [-0.39, 0.29) is 0 Å². The molecule has 0 aromatic heterocycles. The summed E-state index contributed by atoms with van der Waals surface area (Å²) < 4.78 is 18.8. The number of primary sulfonamides is 1. The van der Waals surface area contributed by atoms with Crippen molar-refractivity contribution in [2.75, 3.05) is 6.26 Å². The minimum Gasteiger partial charge on any atom is -0.304 e. The fourth-order valence-corrected chi connectivity index (χ4v) is 0. The van der Waals surface area contributed by atoms with Gasteiger partial charge in [-0.2, -0.15) is 0 Å². The van der Waals surface area contributed by atoms with Crippen LogP contribution in [-0.2, 0) is 14.8 Å². The summed E-state index contributed by atoms with van der Waals surface area (Å²) in [4.78, 5) is 8.81. The van der Waals surface area contributed by atoms with Crippen molar-refractivity contribution in [2.45, 2.75) is 6.92 Å². The van der Waals surface area contributed by atoms with Gasteiger partial charge in [-0.15, -0.1) is 0 Å². The molecule has 0 spiro atoms. The van der Waals surface area contributed by atoms with E-state index in [0.29, 0.717) is 0 Å². The third-order valence-corrected chi connectivity index (χ3v) is 0. The fourth-order valence-electron chi connectivity index (χ4n) is 0. The molecule has 0 rings (SSSR count). The number of rotatable bonds is 0. The van der Waals surface area contributed by atoms with Crippen LogP contribution in [0.5, 0.6) is 0 Å². The van der Waals surface area contributed by atoms with Gasteiger partial charge in [0.2, 0.25) is 10.0 Å². The van der Waals surface area contributed by atoms with Crippen LogP contribution in [0.4, 0.5) is 0 Å². The zero-order chi connectivity index (χ0) is 7.21. The molecule has 0 aliphatic rings. The van der Waals surface area contributed by atoms with E-state index in [1.165, 1.54) is 6.92 Å². The standard InChI is InChI=1S/C2H4O.CH5NO2S/c1-2-3;1-5(2,3)4/h2H,1H3;1H3,(H2,2,3,4). The van der Waals surface area contributed by atoms with Crippen LogP contribution in [0.25, 0.3) is 0 Å². The highest BCUT2D eigenvalue weighted by molar-refractivity contribution is 7.88. The van der Waals surface area contributed by atoms with Crippen molar-refractivity contribution < 1.29 is 13.2 Å². The molecule has 8 heavy (non-hydrogen) atoms. The van der Waals surface area contributed by atoms with Gasteiger partial charge in [-0.1, -0.05) is 0 Å². The van der Waals surface area contributed by atoms with Gasteiger partial charge in [-0.3, -0.25) is 0 Å². The molecule has 0 unspecified atom stereocenters. The quantitative estimate of drug-likeness (QED) is 0.442. The highest BCUT2D eigenvalue weighted by Gasteiger charge is 1.78. The minimum atomic E-state index is -3.17. The molecule has 0 aromatic carbocycles. The molecule has 0 fully saturated rings. The highest BCUT2D eigenvalue weighted by Crippen LogP contribution is 1.52. The van der Waals surface area contributed by atoms with Crippen LogP contribution >= 0.6 is 0 Å². The number of hydrogen-bond acceptors (Lipinski definition) is 3. The van der Waals surface area contributed by atoms with E-state index in [2.05, 4.69) is 5.14 Å². The van der Waals surface area contributed by atoms with Crippen molar-refractivity contribution >= 4 is 16.3 Å². The van der Waals surface area contributed by atoms with E-state index in [4.69, 9.17) is 4.79 Å². The van der Waals surface area contributed by atoms with Gasteiger partial charge in [0.1, 0.15) is 6.29 Å². The maximum atomic E-state index is 9.41. The molecule has 4 nitrogen and oxygen atoms in total. The zero-order valence-corrected chi connectivity index (χ0v) is 5.60. The van der Waals surface area contributed by atoms with E-state index < -0.39 is 10.0 Å². The van der Waals surface area contributed by atoms with Gasteiger partial charge in [0.15, 0.2) is 0 Å². The number of nitrogens with two attached hydrogens (primary N) is 1. The smallest absolute Gasteiger partial charge is 0.206 e. The first-order valence-corrected chi connectivity index (χ1v) is 3.74. The van der Waals surface area contributed by atoms with Crippen LogP contribution in [0.1, 0.15) is 6.92 Å². The van der Waals surface area contributed by atoms with Gasteiger partial charge in [-0.05, 0) is 6.92 Å². The summed E-state index contributed by atoms with van der Waals surface area (Å²) in [5.74, 6) is 0. The van der Waals surface area contributed by atoms with Crippen LogP contribution in [-0.4, -0.2) is 21.0 Å². The molecule has 0 heterocycles. The first kappa shape index (κ1) is 10.5. The Bertz CT molecular complexity index is 129. The van der Waals surface area contributed by atoms with Crippen molar-refractivity contribution in [2.24, 2.45) is 5.14 Å². The van der Waals surface area contributed by atoms with Crippen molar-refractivity contribution in [3.05, 3.63) is 0 Å². The summed E-state index contributed by atoms with van der Waals surface area (Å²) in [6.07, 6.45) is 1.69. The zero-order valence-electron chi connectivity index (χ0n) is 4.79. The predicted octanol–water partition coefficient (Wildman–Crippen LogP) is -0.890. The SMILES string of the molecule is CC=O.CS(N)(=O)=O. The Hall–Kier alpha value is -0.420. The molecule has 0 aliphatic heterocycles. The van der Waals surface area contributed by atoms with E-state index in [9.17, 15) is 8.42 Å². The van der Waals surface area contributed by atoms with E-state index >= 15 is 0 Å². The lowest BCUT2D eigenvalue weighted by Gasteiger charge is -1.71. The highest BCUT2D eigenvalue weighted by atomic mass is 32.2. The lowest BCUT2D eigenvalue weighted by Crippen LogP contribution is -2.07. The molecule has 0 radical (unpaired) electrons. The molecule has 0 bridgehead atoms. The number of carbonyl (C=O) groups excluding carboxylic acids is 1. The predicted molar refractivity (Wildman–Crippen MR) is 30.8 cm³/mol. The van der Waals surface area contributed by atoms with Gasteiger partial charge in [-0.25, -0.2) is 13.6 Å². The van der Waals surface area contributed by atoms with Gasteiger partial charge < -0.3 is 4.79 Å². The van der Waals surface area contributed by atoms with Crippen molar-refractivity contribution in [3.63, 3.8) is 0 Å². The summed E-state index contributed by atoms with van der Waals surface area (Å²) in [5, 5.41) is 4.33. The second-order valence-electron chi connectivity index (χ2n) is 1.07. The number of aldehydes is 1. The molecule has 50 valence electrons. The minimum absolute atomic E-state index is 0.750. The average Bonchev–Trinajstić information content (AvgIpc) is 1.27. The number of hydrogen-bond donors (Lipinski definition) is 1. The Morgan fingerprint density at radius 1 is 1.50 bits per heavy atom. The number of carbonyl (C=O) groups is 1. The van der Waals surface area contributed by atoms with E-state index in [1.807, 2.05) is 0 Å².